The average Bonchev–Trinajstić information content (AvgIpc) is 3.35. The van der Waals surface area contributed by atoms with Gasteiger partial charge in [-0.05, 0) is 68.9 Å². The summed E-state index contributed by atoms with van der Waals surface area (Å²) in [7, 11) is 0. The molecule has 3 heterocycles. The molecule has 5 aromatic rings. The lowest BCUT2D eigenvalue weighted by Gasteiger charge is -2.43. The van der Waals surface area contributed by atoms with Crippen molar-refractivity contribution in [3.05, 3.63) is 96.4 Å². The number of benzene rings is 2. The second-order valence-electron chi connectivity index (χ2n) is 11.4. The third kappa shape index (κ3) is 5.75. The van der Waals surface area contributed by atoms with Gasteiger partial charge in [-0.1, -0.05) is 54.6 Å². The van der Waals surface area contributed by atoms with Crippen molar-refractivity contribution in [1.29, 1.82) is 0 Å². The van der Waals surface area contributed by atoms with Gasteiger partial charge in [-0.25, -0.2) is 14.3 Å². The summed E-state index contributed by atoms with van der Waals surface area (Å²) in [6.07, 6.45) is 7.92. The Morgan fingerprint density at radius 2 is 1.68 bits per heavy atom. The van der Waals surface area contributed by atoms with Crippen LogP contribution in [0.4, 0.5) is 10.7 Å². The van der Waals surface area contributed by atoms with E-state index in [2.05, 4.69) is 62.1 Å². The highest BCUT2D eigenvalue weighted by Gasteiger charge is 2.41. The maximum atomic E-state index is 12.6. The first-order chi connectivity index (χ1) is 19.8. The molecule has 1 amide bonds. The monoisotopic (exact) mass is 547 g/mol. The van der Waals surface area contributed by atoms with Gasteiger partial charge in [-0.2, -0.15) is 4.98 Å². The van der Waals surface area contributed by atoms with E-state index in [4.69, 9.17) is 9.72 Å². The number of hydrogen-bond donors (Lipinski definition) is 2. The molecule has 1 fully saturated rings. The van der Waals surface area contributed by atoms with Gasteiger partial charge in [-0.3, -0.25) is 4.98 Å². The number of amides is 1. The third-order valence-corrected chi connectivity index (χ3v) is 7.27. The lowest BCUT2D eigenvalue weighted by Crippen LogP contribution is -2.52. The van der Waals surface area contributed by atoms with Gasteiger partial charge in [0.2, 0.25) is 5.95 Å². The van der Waals surface area contributed by atoms with Crippen LogP contribution in [0.5, 0.6) is 0 Å². The summed E-state index contributed by atoms with van der Waals surface area (Å²) < 4.78 is 7.26. The van der Waals surface area contributed by atoms with Gasteiger partial charge in [0.1, 0.15) is 5.60 Å². The summed E-state index contributed by atoms with van der Waals surface area (Å²) in [5.41, 5.74) is 4.93. The molecule has 3 aromatic heterocycles. The van der Waals surface area contributed by atoms with Crippen LogP contribution in [0.15, 0.2) is 85.3 Å². The summed E-state index contributed by atoms with van der Waals surface area (Å²) >= 11 is 0. The molecule has 208 valence electrons. The van der Waals surface area contributed by atoms with Crippen molar-refractivity contribution in [2.24, 2.45) is 0 Å². The van der Waals surface area contributed by atoms with Gasteiger partial charge in [0.25, 0.3) is 5.78 Å². The molecule has 2 aromatic carbocycles. The SMILES string of the molecule is CC(C)(C)OC(=O)NC1(c2ccc(-c3nc4nc(NCc5ccncc5)nn4cc3-c3ccccc3)cc2)CCC1. The normalized spacial score (nSPS) is 14.3. The number of carbonyl (C=O) groups is 1. The van der Waals surface area contributed by atoms with Crippen molar-refractivity contribution < 1.29 is 9.53 Å². The van der Waals surface area contributed by atoms with Crippen LogP contribution in [-0.2, 0) is 16.8 Å². The van der Waals surface area contributed by atoms with E-state index in [0.29, 0.717) is 18.3 Å². The van der Waals surface area contributed by atoms with Crippen molar-refractivity contribution >= 4 is 17.8 Å². The van der Waals surface area contributed by atoms with Gasteiger partial charge in [0.05, 0.1) is 11.2 Å². The molecular weight excluding hydrogens is 514 g/mol. The Kier molecular flexibility index (Phi) is 6.86. The van der Waals surface area contributed by atoms with E-state index in [-0.39, 0.29) is 6.09 Å². The van der Waals surface area contributed by atoms with Gasteiger partial charge in [0, 0.05) is 36.3 Å². The molecule has 1 aliphatic carbocycles. The van der Waals surface area contributed by atoms with Crippen LogP contribution in [0, 0.1) is 0 Å². The van der Waals surface area contributed by atoms with Crippen LogP contribution in [-0.4, -0.2) is 36.3 Å². The Bertz CT molecular complexity index is 1660. The van der Waals surface area contributed by atoms with Crippen LogP contribution < -0.4 is 10.6 Å². The topological polar surface area (TPSA) is 106 Å². The Balaban J connectivity index is 1.32. The van der Waals surface area contributed by atoms with Gasteiger partial charge < -0.3 is 15.4 Å². The van der Waals surface area contributed by atoms with E-state index >= 15 is 0 Å². The molecular formula is C32H33N7O2. The Labute approximate surface area is 239 Å². The lowest BCUT2D eigenvalue weighted by atomic mass is 9.71. The molecule has 0 radical (unpaired) electrons. The number of nitrogens with one attached hydrogen (secondary N) is 2. The summed E-state index contributed by atoms with van der Waals surface area (Å²) in [5, 5.41) is 11.1. The molecule has 6 rings (SSSR count). The first-order valence-electron chi connectivity index (χ1n) is 13.9. The predicted molar refractivity (Wildman–Crippen MR) is 158 cm³/mol. The minimum atomic E-state index is -0.548. The number of fused-ring (bicyclic) bond motifs is 1. The van der Waals surface area contributed by atoms with Gasteiger partial charge >= 0.3 is 6.09 Å². The molecule has 0 spiro atoms. The number of nitrogens with zero attached hydrogens (tertiary/aromatic N) is 5. The second kappa shape index (κ2) is 10.6. The molecule has 9 heteroatoms. The van der Waals surface area contributed by atoms with Crippen LogP contribution in [0.3, 0.4) is 0 Å². The number of rotatable bonds is 7. The molecule has 0 unspecified atom stereocenters. The zero-order valence-electron chi connectivity index (χ0n) is 23.5. The maximum Gasteiger partial charge on any atom is 0.408 e. The highest BCUT2D eigenvalue weighted by atomic mass is 16.6. The minimum absolute atomic E-state index is 0.389. The summed E-state index contributed by atoms with van der Waals surface area (Å²) in [4.78, 5) is 26.3. The van der Waals surface area contributed by atoms with Crippen molar-refractivity contribution in [2.75, 3.05) is 5.32 Å². The number of carbonyl (C=O) groups excluding carboxylic acids is 1. The lowest BCUT2D eigenvalue weighted by molar-refractivity contribution is 0.0377. The molecule has 41 heavy (non-hydrogen) atoms. The average molecular weight is 548 g/mol. The van der Waals surface area contributed by atoms with E-state index in [0.717, 1.165) is 52.8 Å². The number of ether oxygens (including phenoxy) is 1. The quantitative estimate of drug-likeness (QED) is 0.244. The summed E-state index contributed by atoms with van der Waals surface area (Å²) in [6, 6.07) is 22.3. The van der Waals surface area contributed by atoms with Gasteiger partial charge in [0.15, 0.2) is 0 Å². The standard InChI is InChI=1S/C32H33N7O2/c1-31(2,3)41-30(40)37-32(16-7-17-32)25-12-10-24(11-13-25)27-26(23-8-5-4-6-9-23)21-39-29(35-27)36-28(38-39)34-20-22-14-18-33-19-15-22/h4-6,8-15,18-19,21H,7,16-17,20H2,1-3H3,(H,34,38)(H,37,40). The van der Waals surface area contributed by atoms with Crippen LogP contribution in [0.25, 0.3) is 28.2 Å². The highest BCUT2D eigenvalue weighted by molar-refractivity contribution is 5.81. The van der Waals surface area contributed by atoms with E-state index in [9.17, 15) is 4.79 Å². The molecule has 1 saturated carbocycles. The maximum absolute atomic E-state index is 12.6. The van der Waals surface area contributed by atoms with Gasteiger partial charge in [-0.15, -0.1) is 5.10 Å². The zero-order valence-corrected chi connectivity index (χ0v) is 23.5. The first-order valence-corrected chi connectivity index (χ1v) is 13.9. The molecule has 0 bridgehead atoms. The number of hydrogen-bond acceptors (Lipinski definition) is 7. The summed E-state index contributed by atoms with van der Waals surface area (Å²) in [6.45, 7) is 6.20. The van der Waals surface area contributed by atoms with Crippen LogP contribution in [0.2, 0.25) is 0 Å². The Morgan fingerprint density at radius 3 is 2.34 bits per heavy atom. The Morgan fingerprint density at radius 1 is 0.951 bits per heavy atom. The number of alkyl carbamates (subject to hydrolysis) is 1. The number of aromatic nitrogens is 5. The van der Waals surface area contributed by atoms with E-state index < -0.39 is 11.1 Å². The Hall–Kier alpha value is -4.79. The largest absolute Gasteiger partial charge is 0.444 e. The minimum Gasteiger partial charge on any atom is -0.444 e. The van der Waals surface area contributed by atoms with E-state index in [1.54, 1.807) is 16.9 Å². The fraction of sp³-hybridized carbons (Fsp3) is 0.281. The van der Waals surface area contributed by atoms with Crippen molar-refractivity contribution in [2.45, 2.75) is 57.7 Å². The second-order valence-corrected chi connectivity index (χ2v) is 11.4. The van der Waals surface area contributed by atoms with Crippen LogP contribution in [0.1, 0.15) is 51.2 Å². The number of pyridine rings is 1. The fourth-order valence-corrected chi connectivity index (χ4v) is 5.09. The van der Waals surface area contributed by atoms with Crippen LogP contribution >= 0.6 is 0 Å². The van der Waals surface area contributed by atoms with Crippen molar-refractivity contribution in [1.82, 2.24) is 29.9 Å². The smallest absolute Gasteiger partial charge is 0.408 e. The zero-order chi connectivity index (χ0) is 28.5. The highest BCUT2D eigenvalue weighted by Crippen LogP contribution is 2.42. The molecule has 1 aliphatic rings. The third-order valence-electron chi connectivity index (χ3n) is 7.27. The molecule has 0 saturated heterocycles. The van der Waals surface area contributed by atoms with E-state index in [1.165, 1.54) is 0 Å². The predicted octanol–water partition coefficient (Wildman–Crippen LogP) is 6.37. The van der Waals surface area contributed by atoms with E-state index in [1.807, 2.05) is 57.3 Å². The molecule has 0 atom stereocenters. The van der Waals surface area contributed by atoms with Crippen molar-refractivity contribution in [3.63, 3.8) is 0 Å². The molecule has 0 aliphatic heterocycles. The molecule has 9 nitrogen and oxygen atoms in total. The molecule has 2 N–H and O–H groups in total. The van der Waals surface area contributed by atoms with Crippen molar-refractivity contribution in [3.8, 4) is 22.4 Å². The summed E-state index contributed by atoms with van der Waals surface area (Å²) in [5.74, 6) is 1.00. The fourth-order valence-electron chi connectivity index (χ4n) is 5.09. The number of anilines is 1. The first kappa shape index (κ1) is 26.4.